The van der Waals surface area contributed by atoms with Crippen molar-refractivity contribution in [2.75, 3.05) is 5.88 Å². The van der Waals surface area contributed by atoms with Crippen LogP contribution in [0.15, 0.2) is 16.7 Å². The Morgan fingerprint density at radius 2 is 2.39 bits per heavy atom. The molecule has 0 saturated carbocycles. The van der Waals surface area contributed by atoms with Crippen LogP contribution in [0.1, 0.15) is 18.8 Å². The van der Waals surface area contributed by atoms with Gasteiger partial charge in [-0.15, -0.1) is 11.6 Å². The van der Waals surface area contributed by atoms with Gasteiger partial charge in [0.15, 0.2) is 5.65 Å². The summed E-state index contributed by atoms with van der Waals surface area (Å²) in [5.41, 5.74) is 6.72. The van der Waals surface area contributed by atoms with Gasteiger partial charge in [-0.1, -0.05) is 0 Å². The molecule has 18 heavy (non-hydrogen) atoms. The number of aromatic nitrogens is 3. The van der Waals surface area contributed by atoms with Crippen LogP contribution >= 0.6 is 27.5 Å². The normalized spacial score (nSPS) is 12.8. The highest BCUT2D eigenvalue weighted by Crippen LogP contribution is 2.22. The van der Waals surface area contributed by atoms with Gasteiger partial charge in [-0.3, -0.25) is 4.79 Å². The van der Waals surface area contributed by atoms with E-state index in [0.717, 1.165) is 15.8 Å². The third kappa shape index (κ3) is 2.35. The smallest absolute Gasteiger partial charge is 0.240 e. The van der Waals surface area contributed by atoms with E-state index in [0.29, 0.717) is 17.9 Å². The average Bonchev–Trinajstić information content (AvgIpc) is 2.65. The summed E-state index contributed by atoms with van der Waals surface area (Å²) in [5.74, 6) is 0.724. The minimum atomic E-state index is -0.498. The summed E-state index contributed by atoms with van der Waals surface area (Å²) in [4.78, 5) is 20.1. The number of primary amides is 1. The fourth-order valence-corrected chi connectivity index (χ4v) is 2.29. The van der Waals surface area contributed by atoms with Crippen LogP contribution in [0.5, 0.6) is 0 Å². The lowest BCUT2D eigenvalue weighted by Crippen LogP contribution is -2.25. The van der Waals surface area contributed by atoms with Crippen LogP contribution in [-0.4, -0.2) is 26.3 Å². The van der Waals surface area contributed by atoms with Crippen molar-refractivity contribution in [3.63, 3.8) is 0 Å². The van der Waals surface area contributed by atoms with Crippen LogP contribution < -0.4 is 5.73 Å². The molecule has 0 aliphatic rings. The van der Waals surface area contributed by atoms with Crippen molar-refractivity contribution in [1.82, 2.24) is 14.5 Å². The SMILES string of the molecule is CC(C(N)=O)n1c(CCCl)nc2cc(Br)cnc21. The summed E-state index contributed by atoms with van der Waals surface area (Å²) < 4.78 is 2.58. The number of nitrogens with two attached hydrogens (primary N) is 1. The molecule has 1 unspecified atom stereocenters. The Hall–Kier alpha value is -1.14. The van der Waals surface area contributed by atoms with E-state index in [1.165, 1.54) is 0 Å². The molecule has 2 aromatic heterocycles. The molecule has 0 aliphatic carbocycles. The molecule has 2 aromatic rings. The number of carbonyl (C=O) groups excluding carboxylic acids is 1. The molecular weight excluding hydrogens is 320 g/mol. The third-order valence-electron chi connectivity index (χ3n) is 2.69. The second-order valence-electron chi connectivity index (χ2n) is 3.91. The highest BCUT2D eigenvalue weighted by Gasteiger charge is 2.20. The minimum Gasteiger partial charge on any atom is -0.368 e. The molecule has 1 atom stereocenters. The Bertz CT molecular complexity index is 598. The van der Waals surface area contributed by atoms with Crippen molar-refractivity contribution >= 4 is 44.6 Å². The predicted molar refractivity (Wildman–Crippen MR) is 73.6 cm³/mol. The predicted octanol–water partition coefficient (Wildman–Crippen LogP) is 2.02. The molecule has 7 heteroatoms. The maximum atomic E-state index is 11.4. The monoisotopic (exact) mass is 330 g/mol. The molecule has 0 saturated heterocycles. The number of halogens is 2. The van der Waals surface area contributed by atoms with E-state index in [1.54, 1.807) is 17.7 Å². The Kier molecular flexibility index (Phi) is 3.87. The summed E-state index contributed by atoms with van der Waals surface area (Å²) in [6.07, 6.45) is 2.23. The topological polar surface area (TPSA) is 73.8 Å². The van der Waals surface area contributed by atoms with E-state index < -0.39 is 11.9 Å². The van der Waals surface area contributed by atoms with Gasteiger partial charge in [-0.25, -0.2) is 9.97 Å². The number of pyridine rings is 1. The lowest BCUT2D eigenvalue weighted by Gasteiger charge is -2.13. The number of fused-ring (bicyclic) bond motifs is 1. The van der Waals surface area contributed by atoms with E-state index in [9.17, 15) is 4.79 Å². The molecule has 2 rings (SSSR count). The Balaban J connectivity index is 2.66. The van der Waals surface area contributed by atoms with Gasteiger partial charge in [0.1, 0.15) is 17.4 Å². The van der Waals surface area contributed by atoms with Crippen molar-refractivity contribution in [3.8, 4) is 0 Å². The summed E-state index contributed by atoms with van der Waals surface area (Å²) in [6.45, 7) is 1.73. The summed E-state index contributed by atoms with van der Waals surface area (Å²) in [5, 5.41) is 0. The van der Waals surface area contributed by atoms with E-state index in [2.05, 4.69) is 25.9 Å². The van der Waals surface area contributed by atoms with Crippen LogP contribution in [0.4, 0.5) is 0 Å². The first-order chi connectivity index (χ1) is 8.54. The zero-order chi connectivity index (χ0) is 13.3. The van der Waals surface area contributed by atoms with E-state index in [4.69, 9.17) is 17.3 Å². The molecular formula is C11H12BrClN4O. The van der Waals surface area contributed by atoms with E-state index >= 15 is 0 Å². The fourth-order valence-electron chi connectivity index (χ4n) is 1.80. The van der Waals surface area contributed by atoms with Crippen LogP contribution in [-0.2, 0) is 11.2 Å². The molecule has 0 bridgehead atoms. The second kappa shape index (κ2) is 5.24. The zero-order valence-corrected chi connectivity index (χ0v) is 12.1. The van der Waals surface area contributed by atoms with Gasteiger partial charge in [0.25, 0.3) is 0 Å². The Morgan fingerprint density at radius 3 is 3.00 bits per heavy atom. The number of nitrogens with zero attached hydrogens (tertiary/aromatic N) is 3. The lowest BCUT2D eigenvalue weighted by atomic mass is 10.3. The average molecular weight is 332 g/mol. The van der Waals surface area contributed by atoms with Gasteiger partial charge < -0.3 is 10.3 Å². The number of carbonyl (C=O) groups is 1. The van der Waals surface area contributed by atoms with E-state index in [1.807, 2.05) is 6.07 Å². The third-order valence-corrected chi connectivity index (χ3v) is 3.31. The van der Waals surface area contributed by atoms with Gasteiger partial charge >= 0.3 is 0 Å². The summed E-state index contributed by atoms with van der Waals surface area (Å²) >= 11 is 9.09. The largest absolute Gasteiger partial charge is 0.368 e. The zero-order valence-electron chi connectivity index (χ0n) is 9.73. The standard InChI is InChI=1S/C11H12BrClN4O/c1-6(10(14)18)17-9(2-3-13)16-8-4-7(12)5-15-11(8)17/h4-6H,2-3H2,1H3,(H2,14,18). The van der Waals surface area contributed by atoms with Crippen molar-refractivity contribution in [2.45, 2.75) is 19.4 Å². The molecule has 0 aromatic carbocycles. The highest BCUT2D eigenvalue weighted by molar-refractivity contribution is 9.10. The second-order valence-corrected chi connectivity index (χ2v) is 5.21. The van der Waals surface area contributed by atoms with Gasteiger partial charge in [-0.05, 0) is 28.9 Å². The van der Waals surface area contributed by atoms with Gasteiger partial charge in [0.05, 0.1) is 0 Å². The van der Waals surface area contributed by atoms with Crippen LogP contribution in [0.2, 0.25) is 0 Å². The van der Waals surface area contributed by atoms with E-state index in [-0.39, 0.29) is 0 Å². The molecule has 2 N–H and O–H groups in total. The Labute approximate surface area is 117 Å². The molecule has 0 spiro atoms. The molecule has 0 radical (unpaired) electrons. The molecule has 1 amide bonds. The summed E-state index contributed by atoms with van der Waals surface area (Å²) in [6, 6.07) is 1.35. The first-order valence-electron chi connectivity index (χ1n) is 5.42. The van der Waals surface area contributed by atoms with Crippen LogP contribution in [0, 0.1) is 0 Å². The molecule has 2 heterocycles. The number of amides is 1. The maximum Gasteiger partial charge on any atom is 0.240 e. The number of rotatable bonds is 4. The number of imidazole rings is 1. The molecule has 0 aliphatic heterocycles. The number of hydrogen-bond acceptors (Lipinski definition) is 3. The van der Waals surface area contributed by atoms with Gasteiger partial charge in [-0.2, -0.15) is 0 Å². The summed E-state index contributed by atoms with van der Waals surface area (Å²) in [7, 11) is 0. The molecule has 96 valence electrons. The lowest BCUT2D eigenvalue weighted by molar-refractivity contribution is -0.120. The first kappa shape index (κ1) is 13.3. The quantitative estimate of drug-likeness (QED) is 0.871. The highest BCUT2D eigenvalue weighted by atomic mass is 79.9. The number of hydrogen-bond donors (Lipinski definition) is 1. The van der Waals surface area contributed by atoms with Gasteiger partial charge in [0.2, 0.25) is 5.91 Å². The molecule has 5 nitrogen and oxygen atoms in total. The maximum absolute atomic E-state index is 11.4. The first-order valence-corrected chi connectivity index (χ1v) is 6.75. The van der Waals surface area contributed by atoms with Crippen molar-refractivity contribution in [1.29, 1.82) is 0 Å². The van der Waals surface area contributed by atoms with Crippen LogP contribution in [0.3, 0.4) is 0 Å². The fraction of sp³-hybridized carbons (Fsp3) is 0.364. The van der Waals surface area contributed by atoms with Gasteiger partial charge in [0, 0.05) is 23.0 Å². The van der Waals surface area contributed by atoms with Crippen molar-refractivity contribution in [2.24, 2.45) is 5.73 Å². The number of alkyl halides is 1. The van der Waals surface area contributed by atoms with Crippen LogP contribution in [0.25, 0.3) is 11.2 Å². The number of aryl methyl sites for hydroxylation is 1. The minimum absolute atomic E-state index is 0.421. The Morgan fingerprint density at radius 1 is 1.67 bits per heavy atom. The van der Waals surface area contributed by atoms with Crippen molar-refractivity contribution < 1.29 is 4.79 Å². The molecule has 0 fully saturated rings. The van der Waals surface area contributed by atoms with Crippen molar-refractivity contribution in [3.05, 3.63) is 22.6 Å².